The monoisotopic (exact) mass is 271 g/mol. The van der Waals surface area contributed by atoms with Crippen LogP contribution in [0.5, 0.6) is 0 Å². The number of nitrogens with one attached hydrogen (secondary N) is 1. The number of anilines is 2. The van der Waals surface area contributed by atoms with E-state index in [-0.39, 0.29) is 5.92 Å². The highest BCUT2D eigenvalue weighted by molar-refractivity contribution is 5.56. The molecule has 0 bridgehead atoms. The molecule has 0 spiro atoms. The van der Waals surface area contributed by atoms with Gasteiger partial charge in [-0.25, -0.2) is 9.97 Å². The van der Waals surface area contributed by atoms with Crippen LogP contribution >= 0.6 is 0 Å². The minimum atomic E-state index is 0.271. The zero-order valence-corrected chi connectivity index (χ0v) is 12.2. The van der Waals surface area contributed by atoms with Crippen molar-refractivity contribution in [2.45, 2.75) is 39.7 Å². The molecule has 0 aromatic carbocycles. The first-order chi connectivity index (χ1) is 9.63. The lowest BCUT2D eigenvalue weighted by atomic mass is 10.0. The van der Waals surface area contributed by atoms with Crippen LogP contribution < -0.4 is 11.1 Å². The number of nitrogen functional groups attached to an aromatic ring is 1. The van der Waals surface area contributed by atoms with E-state index < -0.39 is 0 Å². The second-order valence-corrected chi connectivity index (χ2v) is 4.99. The van der Waals surface area contributed by atoms with Crippen molar-refractivity contribution in [1.29, 1.82) is 0 Å². The quantitative estimate of drug-likeness (QED) is 0.874. The van der Waals surface area contributed by atoms with Crippen molar-refractivity contribution >= 4 is 11.6 Å². The number of pyridine rings is 1. The molecule has 20 heavy (non-hydrogen) atoms. The molecule has 106 valence electrons. The van der Waals surface area contributed by atoms with Gasteiger partial charge in [-0.15, -0.1) is 0 Å². The lowest BCUT2D eigenvalue weighted by molar-refractivity contribution is 0.846. The fourth-order valence-electron chi connectivity index (χ4n) is 2.24. The average molecular weight is 271 g/mol. The van der Waals surface area contributed by atoms with E-state index in [1.165, 1.54) is 11.9 Å². The first kappa shape index (κ1) is 14.2. The molecule has 0 radical (unpaired) electrons. The average Bonchev–Trinajstić information content (AvgIpc) is 2.45. The summed E-state index contributed by atoms with van der Waals surface area (Å²) in [7, 11) is 0. The van der Waals surface area contributed by atoms with Crippen LogP contribution in [0.15, 0.2) is 24.7 Å². The first-order valence-corrected chi connectivity index (χ1v) is 6.90. The van der Waals surface area contributed by atoms with E-state index in [4.69, 9.17) is 5.73 Å². The molecule has 0 aliphatic heterocycles. The molecule has 0 unspecified atom stereocenters. The number of nitrogens with zero attached hydrogens (tertiary/aromatic N) is 3. The van der Waals surface area contributed by atoms with E-state index in [9.17, 15) is 0 Å². The summed E-state index contributed by atoms with van der Waals surface area (Å²) in [5.41, 5.74) is 9.19. The molecule has 0 aliphatic carbocycles. The van der Waals surface area contributed by atoms with Crippen LogP contribution in [0.4, 0.5) is 11.6 Å². The number of hydrogen-bond acceptors (Lipinski definition) is 5. The van der Waals surface area contributed by atoms with Crippen LogP contribution in [-0.2, 0) is 13.0 Å². The van der Waals surface area contributed by atoms with E-state index >= 15 is 0 Å². The molecule has 2 rings (SSSR count). The zero-order chi connectivity index (χ0) is 14.5. The number of aromatic nitrogens is 3. The standard InChI is InChI=1S/C15H21N5/c1-4-11-6-5-7-17-12(11)8-18-15-13(10(2)3)14(16)19-9-20-15/h5-7,9-10H,4,8H2,1-3H3,(H3,16,18,19,20). The topological polar surface area (TPSA) is 76.7 Å². The van der Waals surface area contributed by atoms with Gasteiger partial charge in [0.15, 0.2) is 0 Å². The molecule has 2 heterocycles. The largest absolute Gasteiger partial charge is 0.383 e. The van der Waals surface area contributed by atoms with Gasteiger partial charge in [0.2, 0.25) is 0 Å². The Morgan fingerprint density at radius 3 is 2.75 bits per heavy atom. The maximum Gasteiger partial charge on any atom is 0.135 e. The normalized spacial score (nSPS) is 10.8. The lowest BCUT2D eigenvalue weighted by Gasteiger charge is -2.15. The fraction of sp³-hybridized carbons (Fsp3) is 0.400. The van der Waals surface area contributed by atoms with Gasteiger partial charge < -0.3 is 11.1 Å². The van der Waals surface area contributed by atoms with E-state index in [1.54, 1.807) is 0 Å². The molecular formula is C15H21N5. The third kappa shape index (κ3) is 3.04. The summed E-state index contributed by atoms with van der Waals surface area (Å²) in [6.07, 6.45) is 4.27. The number of hydrogen-bond donors (Lipinski definition) is 2. The van der Waals surface area contributed by atoms with Crippen molar-refractivity contribution < 1.29 is 0 Å². The smallest absolute Gasteiger partial charge is 0.135 e. The minimum absolute atomic E-state index is 0.271. The van der Waals surface area contributed by atoms with Crippen molar-refractivity contribution in [2.75, 3.05) is 11.1 Å². The van der Waals surface area contributed by atoms with Gasteiger partial charge in [-0.2, -0.15) is 0 Å². The molecule has 0 saturated heterocycles. The van der Waals surface area contributed by atoms with Gasteiger partial charge in [0.05, 0.1) is 12.2 Å². The summed E-state index contributed by atoms with van der Waals surface area (Å²) in [5.74, 6) is 1.60. The minimum Gasteiger partial charge on any atom is -0.383 e. The Kier molecular flexibility index (Phi) is 4.50. The lowest BCUT2D eigenvalue weighted by Crippen LogP contribution is -2.11. The fourth-order valence-corrected chi connectivity index (χ4v) is 2.24. The molecule has 0 amide bonds. The Morgan fingerprint density at radius 1 is 1.25 bits per heavy atom. The molecular weight excluding hydrogens is 250 g/mol. The van der Waals surface area contributed by atoms with Crippen LogP contribution in [0.25, 0.3) is 0 Å². The molecule has 5 nitrogen and oxygen atoms in total. The number of aryl methyl sites for hydroxylation is 1. The van der Waals surface area contributed by atoms with Crippen molar-refractivity contribution in [3.8, 4) is 0 Å². The van der Waals surface area contributed by atoms with Crippen molar-refractivity contribution in [2.24, 2.45) is 0 Å². The van der Waals surface area contributed by atoms with Crippen LogP contribution in [0, 0.1) is 0 Å². The van der Waals surface area contributed by atoms with Crippen LogP contribution in [0.1, 0.15) is 43.5 Å². The molecule has 2 aromatic rings. The Hall–Kier alpha value is -2.17. The van der Waals surface area contributed by atoms with Gasteiger partial charge in [0.1, 0.15) is 18.0 Å². The summed E-state index contributed by atoms with van der Waals surface area (Å²) in [6.45, 7) is 6.93. The Bertz CT molecular complexity index is 580. The number of nitrogens with two attached hydrogens (primary N) is 1. The van der Waals surface area contributed by atoms with Gasteiger partial charge in [0.25, 0.3) is 0 Å². The third-order valence-electron chi connectivity index (χ3n) is 3.28. The van der Waals surface area contributed by atoms with Crippen LogP contribution in [0.3, 0.4) is 0 Å². The summed E-state index contributed by atoms with van der Waals surface area (Å²) in [5, 5.41) is 3.33. The van der Waals surface area contributed by atoms with Gasteiger partial charge in [-0.1, -0.05) is 26.8 Å². The second kappa shape index (κ2) is 6.32. The predicted molar refractivity (Wildman–Crippen MR) is 81.5 cm³/mol. The molecule has 2 aromatic heterocycles. The maximum absolute atomic E-state index is 5.94. The molecule has 0 aliphatic rings. The highest BCUT2D eigenvalue weighted by atomic mass is 15.0. The van der Waals surface area contributed by atoms with E-state index in [0.29, 0.717) is 12.4 Å². The highest BCUT2D eigenvalue weighted by Gasteiger charge is 2.13. The van der Waals surface area contributed by atoms with Gasteiger partial charge in [-0.3, -0.25) is 4.98 Å². The van der Waals surface area contributed by atoms with E-state index in [0.717, 1.165) is 23.5 Å². The van der Waals surface area contributed by atoms with Crippen molar-refractivity contribution in [3.05, 3.63) is 41.5 Å². The SMILES string of the molecule is CCc1cccnc1CNc1ncnc(N)c1C(C)C. The molecule has 5 heteroatoms. The van der Waals surface area contributed by atoms with E-state index in [2.05, 4.69) is 47.1 Å². The highest BCUT2D eigenvalue weighted by Crippen LogP contribution is 2.26. The summed E-state index contributed by atoms with van der Waals surface area (Å²) >= 11 is 0. The summed E-state index contributed by atoms with van der Waals surface area (Å²) in [4.78, 5) is 12.8. The molecule has 0 fully saturated rings. The first-order valence-electron chi connectivity index (χ1n) is 6.90. The molecule has 0 saturated carbocycles. The van der Waals surface area contributed by atoms with Crippen LogP contribution in [0.2, 0.25) is 0 Å². The Labute approximate surface area is 119 Å². The van der Waals surface area contributed by atoms with Gasteiger partial charge in [-0.05, 0) is 24.0 Å². The summed E-state index contributed by atoms with van der Waals surface area (Å²) in [6, 6.07) is 4.06. The number of rotatable bonds is 5. The summed E-state index contributed by atoms with van der Waals surface area (Å²) < 4.78 is 0. The zero-order valence-electron chi connectivity index (χ0n) is 12.2. The third-order valence-corrected chi connectivity index (χ3v) is 3.28. The maximum atomic E-state index is 5.94. The molecule has 3 N–H and O–H groups in total. The van der Waals surface area contributed by atoms with E-state index in [1.807, 2.05) is 12.3 Å². The van der Waals surface area contributed by atoms with Crippen molar-refractivity contribution in [1.82, 2.24) is 15.0 Å². The van der Waals surface area contributed by atoms with Crippen LogP contribution in [-0.4, -0.2) is 15.0 Å². The second-order valence-electron chi connectivity index (χ2n) is 4.99. The Morgan fingerprint density at radius 2 is 2.05 bits per heavy atom. The predicted octanol–water partition coefficient (Wildman–Crippen LogP) is 2.75. The Balaban J connectivity index is 2.21. The van der Waals surface area contributed by atoms with Gasteiger partial charge in [0, 0.05) is 11.8 Å². The van der Waals surface area contributed by atoms with Crippen molar-refractivity contribution in [3.63, 3.8) is 0 Å². The van der Waals surface area contributed by atoms with Gasteiger partial charge >= 0.3 is 0 Å². The molecule has 0 atom stereocenters.